The zero-order valence-electron chi connectivity index (χ0n) is 21.3. The topological polar surface area (TPSA) is 96.3 Å². The van der Waals surface area contributed by atoms with E-state index in [0.717, 1.165) is 5.56 Å². The van der Waals surface area contributed by atoms with E-state index in [1.807, 2.05) is 35.6 Å². The summed E-state index contributed by atoms with van der Waals surface area (Å²) >= 11 is 2.72. The molecule has 3 aromatic carbocycles. The van der Waals surface area contributed by atoms with Gasteiger partial charge in [-0.3, -0.25) is 14.5 Å². The predicted molar refractivity (Wildman–Crippen MR) is 148 cm³/mol. The molecule has 0 aliphatic rings. The molecule has 0 saturated heterocycles. The standard InChI is InChI=1S/C28H31NO6S2/c1-34-25-10-5-18(13-26(25)35-2)11-12-29(16-23(32)19-6-8-21(30)27(14-19)36-3)17-24(33)20-7-9-22(31)28(15-20)37-4/h5-10,13-15,30-31H,11-12,16-17H2,1-4H3. The molecule has 3 aromatic rings. The van der Waals surface area contributed by atoms with Crippen LogP contribution in [0.4, 0.5) is 0 Å². The normalized spacial score (nSPS) is 10.9. The van der Waals surface area contributed by atoms with Crippen LogP contribution in [0, 0.1) is 0 Å². The first-order valence-electron chi connectivity index (χ1n) is 11.5. The van der Waals surface area contributed by atoms with Gasteiger partial charge in [-0.15, -0.1) is 23.5 Å². The number of phenols is 2. The van der Waals surface area contributed by atoms with Crippen molar-refractivity contribution in [2.45, 2.75) is 16.2 Å². The molecule has 0 aromatic heterocycles. The van der Waals surface area contributed by atoms with Crippen molar-refractivity contribution in [3.8, 4) is 23.0 Å². The van der Waals surface area contributed by atoms with Crippen LogP contribution in [0.5, 0.6) is 23.0 Å². The number of nitrogens with zero attached hydrogens (tertiary/aromatic N) is 1. The summed E-state index contributed by atoms with van der Waals surface area (Å²) in [5.41, 5.74) is 1.92. The van der Waals surface area contributed by atoms with Crippen LogP contribution in [0.1, 0.15) is 26.3 Å². The maximum atomic E-state index is 13.2. The molecule has 37 heavy (non-hydrogen) atoms. The van der Waals surface area contributed by atoms with Crippen LogP contribution in [0.25, 0.3) is 0 Å². The molecular formula is C28H31NO6S2. The van der Waals surface area contributed by atoms with Gasteiger partial charge in [-0.25, -0.2) is 0 Å². The third-order valence-corrected chi connectivity index (χ3v) is 7.44. The van der Waals surface area contributed by atoms with Gasteiger partial charge >= 0.3 is 0 Å². The summed E-state index contributed by atoms with van der Waals surface area (Å²) in [7, 11) is 3.15. The maximum absolute atomic E-state index is 13.2. The average molecular weight is 542 g/mol. The molecule has 0 aliphatic carbocycles. The lowest BCUT2D eigenvalue weighted by Crippen LogP contribution is -2.36. The van der Waals surface area contributed by atoms with Crippen LogP contribution in [-0.4, -0.2) is 73.0 Å². The Morgan fingerprint density at radius 2 is 1.27 bits per heavy atom. The number of Topliss-reactive ketones (excluding diaryl/α,β-unsaturated/α-hetero) is 2. The van der Waals surface area contributed by atoms with Crippen molar-refractivity contribution in [3.63, 3.8) is 0 Å². The van der Waals surface area contributed by atoms with Crippen LogP contribution in [0.2, 0.25) is 0 Å². The molecule has 3 rings (SSSR count). The van der Waals surface area contributed by atoms with Gasteiger partial charge in [0, 0.05) is 27.5 Å². The fraction of sp³-hybridized carbons (Fsp3) is 0.286. The first-order valence-corrected chi connectivity index (χ1v) is 14.0. The van der Waals surface area contributed by atoms with E-state index in [9.17, 15) is 19.8 Å². The van der Waals surface area contributed by atoms with Gasteiger partial charge < -0.3 is 19.7 Å². The molecule has 0 heterocycles. The number of carbonyl (C=O) groups excluding carboxylic acids is 2. The van der Waals surface area contributed by atoms with Gasteiger partial charge in [-0.1, -0.05) is 6.07 Å². The van der Waals surface area contributed by atoms with Gasteiger partial charge in [-0.05, 0) is 73.0 Å². The van der Waals surface area contributed by atoms with E-state index in [4.69, 9.17) is 9.47 Å². The Balaban J connectivity index is 1.82. The Bertz CT molecular complexity index is 1200. The Labute approximate surface area is 225 Å². The van der Waals surface area contributed by atoms with Crippen LogP contribution < -0.4 is 9.47 Å². The molecule has 0 unspecified atom stereocenters. The van der Waals surface area contributed by atoms with Gasteiger partial charge in [0.1, 0.15) is 11.5 Å². The molecule has 0 aliphatic heterocycles. The summed E-state index contributed by atoms with van der Waals surface area (Å²) in [6.45, 7) is 0.518. The van der Waals surface area contributed by atoms with E-state index in [0.29, 0.717) is 45.4 Å². The average Bonchev–Trinajstić information content (AvgIpc) is 2.91. The van der Waals surface area contributed by atoms with Crippen LogP contribution in [0.3, 0.4) is 0 Å². The van der Waals surface area contributed by atoms with Gasteiger partial charge in [0.05, 0.1) is 27.3 Å². The number of thioether (sulfide) groups is 2. The highest BCUT2D eigenvalue weighted by molar-refractivity contribution is 7.99. The lowest BCUT2D eigenvalue weighted by Gasteiger charge is -2.22. The van der Waals surface area contributed by atoms with Crippen molar-refractivity contribution < 1.29 is 29.3 Å². The molecule has 0 saturated carbocycles. The second kappa shape index (κ2) is 13.4. The minimum absolute atomic E-state index is 0.0328. The third kappa shape index (κ3) is 7.44. The highest BCUT2D eigenvalue weighted by atomic mass is 32.2. The number of benzene rings is 3. The molecule has 0 fully saturated rings. The number of phenolic OH excluding ortho intramolecular Hbond substituents is 2. The van der Waals surface area contributed by atoms with E-state index in [-0.39, 0.29) is 36.2 Å². The number of rotatable bonds is 13. The number of ketones is 2. The van der Waals surface area contributed by atoms with Gasteiger partial charge in [0.15, 0.2) is 23.1 Å². The number of hydrogen-bond acceptors (Lipinski definition) is 9. The highest BCUT2D eigenvalue weighted by Crippen LogP contribution is 2.30. The molecule has 196 valence electrons. The Morgan fingerprint density at radius 1 is 0.757 bits per heavy atom. The van der Waals surface area contributed by atoms with Crippen LogP contribution >= 0.6 is 23.5 Å². The fourth-order valence-corrected chi connectivity index (χ4v) is 4.87. The van der Waals surface area contributed by atoms with Crippen LogP contribution in [0.15, 0.2) is 64.4 Å². The zero-order chi connectivity index (χ0) is 26.9. The third-order valence-electron chi connectivity index (χ3n) is 5.90. The van der Waals surface area contributed by atoms with Crippen molar-refractivity contribution in [2.24, 2.45) is 0 Å². The number of hydrogen-bond donors (Lipinski definition) is 2. The fourth-order valence-electron chi connectivity index (χ4n) is 3.83. The summed E-state index contributed by atoms with van der Waals surface area (Å²) in [6, 6.07) is 15.2. The van der Waals surface area contributed by atoms with E-state index in [1.54, 1.807) is 38.5 Å². The molecule has 9 heteroatoms. The molecular weight excluding hydrogens is 510 g/mol. The Kier molecular flexibility index (Phi) is 10.3. The van der Waals surface area contributed by atoms with Crippen molar-refractivity contribution >= 4 is 35.1 Å². The lowest BCUT2D eigenvalue weighted by atomic mass is 10.1. The second-order valence-corrected chi connectivity index (χ2v) is 9.97. The number of methoxy groups -OCH3 is 2. The highest BCUT2D eigenvalue weighted by Gasteiger charge is 2.19. The molecule has 0 bridgehead atoms. The molecule has 0 spiro atoms. The van der Waals surface area contributed by atoms with Gasteiger partial charge in [-0.2, -0.15) is 0 Å². The van der Waals surface area contributed by atoms with Crippen molar-refractivity contribution in [1.29, 1.82) is 0 Å². The predicted octanol–water partition coefficient (Wildman–Crippen LogP) is 5.17. The minimum Gasteiger partial charge on any atom is -0.507 e. The van der Waals surface area contributed by atoms with Gasteiger partial charge in [0.2, 0.25) is 0 Å². The molecule has 2 N–H and O–H groups in total. The molecule has 0 radical (unpaired) electrons. The minimum atomic E-state index is -0.147. The number of ether oxygens (including phenoxy) is 2. The van der Waals surface area contributed by atoms with E-state index in [2.05, 4.69) is 0 Å². The van der Waals surface area contributed by atoms with Crippen molar-refractivity contribution in [2.75, 3.05) is 46.4 Å². The second-order valence-electron chi connectivity index (χ2n) is 8.27. The Hall–Kier alpha value is -3.14. The smallest absolute Gasteiger partial charge is 0.176 e. The zero-order valence-corrected chi connectivity index (χ0v) is 22.9. The van der Waals surface area contributed by atoms with E-state index in [1.165, 1.54) is 35.7 Å². The summed E-state index contributed by atoms with van der Waals surface area (Å²) in [5, 5.41) is 19.9. The maximum Gasteiger partial charge on any atom is 0.176 e. The molecule has 7 nitrogen and oxygen atoms in total. The summed E-state index contributed by atoms with van der Waals surface area (Å²) in [4.78, 5) is 29.4. The largest absolute Gasteiger partial charge is 0.507 e. The van der Waals surface area contributed by atoms with Gasteiger partial charge in [0.25, 0.3) is 0 Å². The molecule has 0 amide bonds. The quantitative estimate of drug-likeness (QED) is 0.224. The van der Waals surface area contributed by atoms with E-state index < -0.39 is 0 Å². The van der Waals surface area contributed by atoms with Crippen molar-refractivity contribution in [3.05, 3.63) is 71.3 Å². The summed E-state index contributed by atoms with van der Waals surface area (Å²) in [5.74, 6) is 1.20. The first kappa shape index (κ1) is 28.4. The van der Waals surface area contributed by atoms with E-state index >= 15 is 0 Å². The summed E-state index contributed by atoms with van der Waals surface area (Å²) in [6.07, 6.45) is 4.24. The monoisotopic (exact) mass is 541 g/mol. The number of aromatic hydroxyl groups is 2. The Morgan fingerprint density at radius 3 is 1.73 bits per heavy atom. The first-order chi connectivity index (χ1) is 17.8. The van der Waals surface area contributed by atoms with Crippen molar-refractivity contribution in [1.82, 2.24) is 4.90 Å². The molecule has 0 atom stereocenters. The summed E-state index contributed by atoms with van der Waals surface area (Å²) < 4.78 is 10.7. The SMILES string of the molecule is COc1ccc(CCN(CC(=O)c2ccc(O)c(SC)c2)CC(=O)c2ccc(O)c(SC)c2)cc1OC. The number of carbonyl (C=O) groups is 2. The lowest BCUT2D eigenvalue weighted by molar-refractivity contribution is 0.0872. The van der Waals surface area contributed by atoms with Crippen LogP contribution in [-0.2, 0) is 6.42 Å².